The number of carbonyl (C=O) groups excluding carboxylic acids is 1. The SMILES string of the molecule is COC(=O)CCN(C)c1c(C)cccc1C(C)C. The highest BCUT2D eigenvalue weighted by molar-refractivity contribution is 5.70. The Morgan fingerprint density at radius 2 is 2.06 bits per heavy atom. The van der Waals surface area contributed by atoms with Crippen LogP contribution in [-0.4, -0.2) is 26.7 Å². The lowest BCUT2D eigenvalue weighted by atomic mass is 9.97. The van der Waals surface area contributed by atoms with E-state index in [9.17, 15) is 4.79 Å². The third kappa shape index (κ3) is 3.49. The predicted molar refractivity (Wildman–Crippen MR) is 75.2 cm³/mol. The number of carbonyl (C=O) groups is 1. The van der Waals surface area contributed by atoms with Crippen molar-refractivity contribution in [2.75, 3.05) is 25.6 Å². The van der Waals surface area contributed by atoms with Gasteiger partial charge < -0.3 is 9.64 Å². The second kappa shape index (κ2) is 6.43. The molecule has 0 bridgehead atoms. The Hall–Kier alpha value is -1.51. The summed E-state index contributed by atoms with van der Waals surface area (Å²) in [6.45, 7) is 7.16. The van der Waals surface area contributed by atoms with E-state index < -0.39 is 0 Å². The molecular formula is C15H23NO2. The van der Waals surface area contributed by atoms with Gasteiger partial charge in [0.2, 0.25) is 0 Å². The van der Waals surface area contributed by atoms with Crippen LogP contribution < -0.4 is 4.90 Å². The maximum absolute atomic E-state index is 11.2. The minimum absolute atomic E-state index is 0.165. The number of hydrogen-bond donors (Lipinski definition) is 0. The van der Waals surface area contributed by atoms with Gasteiger partial charge in [-0.3, -0.25) is 4.79 Å². The Morgan fingerprint density at radius 1 is 1.39 bits per heavy atom. The molecule has 18 heavy (non-hydrogen) atoms. The Kier molecular flexibility index (Phi) is 5.20. The van der Waals surface area contributed by atoms with E-state index in [0.29, 0.717) is 18.9 Å². The van der Waals surface area contributed by atoms with E-state index in [4.69, 9.17) is 0 Å². The minimum Gasteiger partial charge on any atom is -0.469 e. The molecule has 0 spiro atoms. The Bertz CT molecular complexity index is 413. The van der Waals surface area contributed by atoms with Gasteiger partial charge in [-0.2, -0.15) is 0 Å². The zero-order chi connectivity index (χ0) is 13.7. The molecule has 0 unspecified atom stereocenters. The van der Waals surface area contributed by atoms with E-state index >= 15 is 0 Å². The van der Waals surface area contributed by atoms with Crippen molar-refractivity contribution in [3.05, 3.63) is 29.3 Å². The first kappa shape index (κ1) is 14.6. The van der Waals surface area contributed by atoms with Crippen LogP contribution in [0.3, 0.4) is 0 Å². The third-order valence-corrected chi connectivity index (χ3v) is 3.15. The van der Waals surface area contributed by atoms with Crippen LogP contribution in [0.4, 0.5) is 5.69 Å². The second-order valence-electron chi connectivity index (χ2n) is 4.92. The van der Waals surface area contributed by atoms with E-state index in [1.165, 1.54) is 23.9 Å². The number of nitrogens with zero attached hydrogens (tertiary/aromatic N) is 1. The monoisotopic (exact) mass is 249 g/mol. The van der Waals surface area contributed by atoms with Crippen LogP contribution in [0.15, 0.2) is 18.2 Å². The Labute approximate surface area is 110 Å². The maximum Gasteiger partial charge on any atom is 0.307 e. The number of anilines is 1. The van der Waals surface area contributed by atoms with Crippen LogP contribution >= 0.6 is 0 Å². The molecule has 0 N–H and O–H groups in total. The number of rotatable bonds is 5. The first-order valence-electron chi connectivity index (χ1n) is 6.34. The third-order valence-electron chi connectivity index (χ3n) is 3.15. The van der Waals surface area contributed by atoms with Crippen molar-refractivity contribution < 1.29 is 9.53 Å². The van der Waals surface area contributed by atoms with Gasteiger partial charge in [0.05, 0.1) is 13.5 Å². The quantitative estimate of drug-likeness (QED) is 0.751. The summed E-state index contributed by atoms with van der Waals surface area (Å²) < 4.78 is 4.68. The van der Waals surface area contributed by atoms with Crippen molar-refractivity contribution in [1.29, 1.82) is 0 Å². The topological polar surface area (TPSA) is 29.5 Å². The molecule has 0 saturated heterocycles. The maximum atomic E-state index is 11.2. The average Bonchev–Trinajstić information content (AvgIpc) is 2.34. The van der Waals surface area contributed by atoms with Crippen molar-refractivity contribution >= 4 is 11.7 Å². The first-order chi connectivity index (χ1) is 8.47. The van der Waals surface area contributed by atoms with Gasteiger partial charge in [0.1, 0.15) is 0 Å². The molecule has 0 fully saturated rings. The molecule has 0 atom stereocenters. The molecule has 0 aromatic heterocycles. The highest BCUT2D eigenvalue weighted by Crippen LogP contribution is 2.30. The van der Waals surface area contributed by atoms with Crippen LogP contribution in [0.1, 0.15) is 37.3 Å². The summed E-state index contributed by atoms with van der Waals surface area (Å²) in [6.07, 6.45) is 0.416. The van der Waals surface area contributed by atoms with E-state index in [1.807, 2.05) is 7.05 Å². The number of ether oxygens (including phenoxy) is 1. The average molecular weight is 249 g/mol. The van der Waals surface area contributed by atoms with Gasteiger partial charge in [-0.1, -0.05) is 32.0 Å². The lowest BCUT2D eigenvalue weighted by Gasteiger charge is -2.25. The van der Waals surface area contributed by atoms with Crippen LogP contribution in [0.5, 0.6) is 0 Å². The van der Waals surface area contributed by atoms with Crippen LogP contribution in [-0.2, 0) is 9.53 Å². The van der Waals surface area contributed by atoms with Crippen molar-refractivity contribution in [2.24, 2.45) is 0 Å². The lowest BCUT2D eigenvalue weighted by Crippen LogP contribution is -2.23. The highest BCUT2D eigenvalue weighted by atomic mass is 16.5. The summed E-state index contributed by atoms with van der Waals surface area (Å²) in [4.78, 5) is 13.3. The van der Waals surface area contributed by atoms with E-state index in [0.717, 1.165) is 0 Å². The van der Waals surface area contributed by atoms with Gasteiger partial charge in [-0.15, -0.1) is 0 Å². The fourth-order valence-corrected chi connectivity index (χ4v) is 2.14. The van der Waals surface area contributed by atoms with Gasteiger partial charge in [0.15, 0.2) is 0 Å². The summed E-state index contributed by atoms with van der Waals surface area (Å²) in [5.74, 6) is 0.307. The fourth-order valence-electron chi connectivity index (χ4n) is 2.14. The van der Waals surface area contributed by atoms with Crippen molar-refractivity contribution in [3.8, 4) is 0 Å². The largest absolute Gasteiger partial charge is 0.469 e. The number of methoxy groups -OCH3 is 1. The first-order valence-corrected chi connectivity index (χ1v) is 6.34. The normalized spacial score (nSPS) is 10.6. The summed E-state index contributed by atoms with van der Waals surface area (Å²) in [5.41, 5.74) is 3.80. The van der Waals surface area contributed by atoms with Crippen molar-refractivity contribution in [3.63, 3.8) is 0 Å². The van der Waals surface area contributed by atoms with Crippen LogP contribution in [0.2, 0.25) is 0 Å². The molecule has 0 saturated carbocycles. The second-order valence-corrected chi connectivity index (χ2v) is 4.92. The molecule has 0 heterocycles. The van der Waals surface area contributed by atoms with Gasteiger partial charge in [-0.25, -0.2) is 0 Å². The van der Waals surface area contributed by atoms with Crippen molar-refractivity contribution in [2.45, 2.75) is 33.1 Å². The van der Waals surface area contributed by atoms with E-state index in [-0.39, 0.29) is 5.97 Å². The number of aryl methyl sites for hydroxylation is 1. The van der Waals surface area contributed by atoms with Gasteiger partial charge in [-0.05, 0) is 24.0 Å². The molecule has 1 aromatic carbocycles. The van der Waals surface area contributed by atoms with Gasteiger partial charge >= 0.3 is 5.97 Å². The summed E-state index contributed by atoms with van der Waals surface area (Å²) in [7, 11) is 3.45. The Morgan fingerprint density at radius 3 is 2.61 bits per heavy atom. The molecule has 0 radical (unpaired) electrons. The predicted octanol–water partition coefficient (Wildman–Crippen LogP) is 3.12. The molecule has 100 valence electrons. The zero-order valence-corrected chi connectivity index (χ0v) is 12.0. The molecule has 0 aliphatic carbocycles. The molecule has 1 aromatic rings. The number of esters is 1. The molecule has 0 amide bonds. The Balaban J connectivity index is 2.90. The molecular weight excluding hydrogens is 226 g/mol. The van der Waals surface area contributed by atoms with E-state index in [2.05, 4.69) is 48.6 Å². The molecule has 3 nitrogen and oxygen atoms in total. The van der Waals surface area contributed by atoms with Crippen molar-refractivity contribution in [1.82, 2.24) is 0 Å². The molecule has 0 aliphatic rings. The standard InChI is InChI=1S/C15H23NO2/c1-11(2)13-8-6-7-12(3)15(13)16(4)10-9-14(17)18-5/h6-8,11H,9-10H2,1-5H3. The highest BCUT2D eigenvalue weighted by Gasteiger charge is 2.13. The minimum atomic E-state index is -0.165. The van der Waals surface area contributed by atoms with E-state index in [1.54, 1.807) is 0 Å². The fraction of sp³-hybridized carbons (Fsp3) is 0.533. The summed E-state index contributed by atoms with van der Waals surface area (Å²) in [6, 6.07) is 6.35. The number of hydrogen-bond acceptors (Lipinski definition) is 3. The number of benzene rings is 1. The van der Waals surface area contributed by atoms with Gasteiger partial charge in [0.25, 0.3) is 0 Å². The summed E-state index contributed by atoms with van der Waals surface area (Å²) in [5, 5.41) is 0. The zero-order valence-electron chi connectivity index (χ0n) is 12.0. The summed E-state index contributed by atoms with van der Waals surface area (Å²) >= 11 is 0. The molecule has 1 rings (SSSR count). The smallest absolute Gasteiger partial charge is 0.307 e. The molecule has 0 aliphatic heterocycles. The lowest BCUT2D eigenvalue weighted by molar-refractivity contribution is -0.140. The van der Waals surface area contributed by atoms with Crippen LogP contribution in [0, 0.1) is 6.92 Å². The van der Waals surface area contributed by atoms with Gasteiger partial charge in [0, 0.05) is 19.3 Å². The molecule has 3 heteroatoms. The van der Waals surface area contributed by atoms with Crippen LogP contribution in [0.25, 0.3) is 0 Å². The number of para-hydroxylation sites is 1.